The SMILES string of the molecule is CCCCCCC[N+](C)(C)C(C)C=CC1=C(C)CCCC1(C)C.[I-]. The zero-order valence-electron chi connectivity index (χ0n) is 17.4. The first kappa shape index (κ1) is 24.2. The average Bonchev–Trinajstić information content (AvgIpc) is 2.45. The minimum atomic E-state index is 0. The summed E-state index contributed by atoms with van der Waals surface area (Å²) in [5.41, 5.74) is 3.56. The molecule has 0 N–H and O–H groups in total. The van der Waals surface area contributed by atoms with Gasteiger partial charge in [-0.25, -0.2) is 0 Å². The van der Waals surface area contributed by atoms with E-state index >= 15 is 0 Å². The van der Waals surface area contributed by atoms with Crippen LogP contribution in [0.2, 0.25) is 0 Å². The van der Waals surface area contributed by atoms with E-state index < -0.39 is 0 Å². The molecule has 1 atom stereocenters. The molecule has 0 fully saturated rings. The first-order valence-corrected chi connectivity index (χ1v) is 9.92. The highest BCUT2D eigenvalue weighted by atomic mass is 127. The molecule has 1 aliphatic rings. The fourth-order valence-corrected chi connectivity index (χ4v) is 3.81. The summed E-state index contributed by atoms with van der Waals surface area (Å²) in [4.78, 5) is 0. The Morgan fingerprint density at radius 2 is 1.75 bits per heavy atom. The molecule has 0 heterocycles. The molecule has 2 heteroatoms. The molecule has 142 valence electrons. The van der Waals surface area contributed by atoms with Crippen molar-refractivity contribution < 1.29 is 28.5 Å². The monoisotopic (exact) mass is 447 g/mol. The lowest BCUT2D eigenvalue weighted by Crippen LogP contribution is -3.00. The molecule has 0 aromatic rings. The quantitative estimate of drug-likeness (QED) is 0.288. The summed E-state index contributed by atoms with van der Waals surface area (Å²) < 4.78 is 1.11. The van der Waals surface area contributed by atoms with Crippen molar-refractivity contribution in [3.05, 3.63) is 23.3 Å². The molecule has 24 heavy (non-hydrogen) atoms. The van der Waals surface area contributed by atoms with Gasteiger partial charge in [0.15, 0.2) is 0 Å². The molecule has 0 spiro atoms. The highest BCUT2D eigenvalue weighted by Crippen LogP contribution is 2.40. The van der Waals surface area contributed by atoms with Gasteiger partial charge in [0.2, 0.25) is 0 Å². The molecule has 1 aliphatic carbocycles. The van der Waals surface area contributed by atoms with Crippen molar-refractivity contribution in [3.63, 3.8) is 0 Å². The molecule has 0 saturated heterocycles. The largest absolute Gasteiger partial charge is 1.00 e. The second kappa shape index (κ2) is 11.0. The Labute approximate surface area is 169 Å². The van der Waals surface area contributed by atoms with Gasteiger partial charge in [-0.3, -0.25) is 0 Å². The molecule has 1 nitrogen and oxygen atoms in total. The van der Waals surface area contributed by atoms with Gasteiger partial charge in [0.25, 0.3) is 0 Å². The molecule has 0 bridgehead atoms. The van der Waals surface area contributed by atoms with Gasteiger partial charge in [-0.15, -0.1) is 0 Å². The number of unbranched alkanes of at least 4 members (excludes halogenated alkanes) is 4. The van der Waals surface area contributed by atoms with Gasteiger partial charge >= 0.3 is 0 Å². The van der Waals surface area contributed by atoms with Gasteiger partial charge < -0.3 is 28.5 Å². The van der Waals surface area contributed by atoms with E-state index in [4.69, 9.17) is 0 Å². The third-order valence-corrected chi connectivity index (χ3v) is 6.02. The van der Waals surface area contributed by atoms with Crippen LogP contribution in [0.4, 0.5) is 0 Å². The van der Waals surface area contributed by atoms with Gasteiger partial charge in [-0.1, -0.05) is 51.7 Å². The van der Waals surface area contributed by atoms with Crippen LogP contribution in [0.25, 0.3) is 0 Å². The number of hydrogen-bond acceptors (Lipinski definition) is 0. The van der Waals surface area contributed by atoms with Crippen LogP contribution in [0, 0.1) is 5.41 Å². The van der Waals surface area contributed by atoms with Crippen LogP contribution in [0.3, 0.4) is 0 Å². The number of quaternary nitrogens is 1. The van der Waals surface area contributed by atoms with Crippen molar-refractivity contribution in [1.29, 1.82) is 0 Å². The van der Waals surface area contributed by atoms with Crippen molar-refractivity contribution >= 4 is 0 Å². The van der Waals surface area contributed by atoms with E-state index in [0.29, 0.717) is 11.5 Å². The maximum Gasteiger partial charge on any atom is 0.105 e. The standard InChI is InChI=1S/C22H42N.HI/c1-8-9-10-11-12-18-23(6,7)20(3)15-16-21-19(2)14-13-17-22(21,4)5;/h15-16,20H,8-14,17-18H2,1-7H3;1H/q+1;/p-1. The summed E-state index contributed by atoms with van der Waals surface area (Å²) in [6, 6.07) is 0.583. The van der Waals surface area contributed by atoms with Crippen LogP contribution in [0.1, 0.15) is 86.0 Å². The van der Waals surface area contributed by atoms with Crippen molar-refractivity contribution in [2.75, 3.05) is 20.6 Å². The second-order valence-electron chi connectivity index (χ2n) is 8.95. The van der Waals surface area contributed by atoms with Gasteiger partial charge in [-0.2, -0.15) is 0 Å². The Morgan fingerprint density at radius 1 is 1.12 bits per heavy atom. The molecule has 0 radical (unpaired) electrons. The number of rotatable bonds is 9. The minimum absolute atomic E-state index is 0. The van der Waals surface area contributed by atoms with Gasteiger partial charge in [0, 0.05) is 0 Å². The van der Waals surface area contributed by atoms with Gasteiger partial charge in [-0.05, 0) is 63.0 Å². The van der Waals surface area contributed by atoms with Crippen LogP contribution >= 0.6 is 0 Å². The van der Waals surface area contributed by atoms with Crippen molar-refractivity contribution in [2.24, 2.45) is 5.41 Å². The fourth-order valence-electron chi connectivity index (χ4n) is 3.81. The summed E-state index contributed by atoms with van der Waals surface area (Å²) in [5, 5.41) is 0. The average molecular weight is 447 g/mol. The lowest BCUT2D eigenvalue weighted by atomic mass is 9.72. The molecular weight excluding hydrogens is 405 g/mol. The topological polar surface area (TPSA) is 0 Å². The number of hydrogen-bond donors (Lipinski definition) is 0. The van der Waals surface area contributed by atoms with Crippen LogP contribution in [0.5, 0.6) is 0 Å². The lowest BCUT2D eigenvalue weighted by molar-refractivity contribution is -0.906. The number of allylic oxidation sites excluding steroid dienone is 3. The van der Waals surface area contributed by atoms with Gasteiger partial charge in [0.05, 0.1) is 20.6 Å². The van der Waals surface area contributed by atoms with Crippen LogP contribution in [-0.2, 0) is 0 Å². The molecule has 0 amide bonds. The van der Waals surface area contributed by atoms with Crippen molar-refractivity contribution in [3.8, 4) is 0 Å². The first-order chi connectivity index (χ1) is 10.7. The van der Waals surface area contributed by atoms with Gasteiger partial charge in [0.1, 0.15) is 6.04 Å². The second-order valence-corrected chi connectivity index (χ2v) is 8.95. The van der Waals surface area contributed by atoms with E-state index in [0.717, 1.165) is 4.48 Å². The summed E-state index contributed by atoms with van der Waals surface area (Å²) in [6.45, 7) is 13.1. The summed E-state index contributed by atoms with van der Waals surface area (Å²) in [7, 11) is 4.78. The highest BCUT2D eigenvalue weighted by Gasteiger charge is 2.27. The molecule has 0 saturated carbocycles. The summed E-state index contributed by atoms with van der Waals surface area (Å²) in [6.07, 6.45) is 15.8. The zero-order valence-corrected chi connectivity index (χ0v) is 19.6. The fraction of sp³-hybridized carbons (Fsp3) is 0.818. The molecule has 1 rings (SSSR count). The van der Waals surface area contributed by atoms with Crippen molar-refractivity contribution in [2.45, 2.75) is 92.0 Å². The van der Waals surface area contributed by atoms with E-state index in [2.05, 4.69) is 60.9 Å². The van der Waals surface area contributed by atoms with Crippen molar-refractivity contribution in [1.82, 2.24) is 0 Å². The summed E-state index contributed by atoms with van der Waals surface area (Å²) in [5.74, 6) is 0. The Bertz CT molecular complexity index is 418. The third kappa shape index (κ3) is 7.59. The minimum Gasteiger partial charge on any atom is -1.00 e. The van der Waals surface area contributed by atoms with Crippen LogP contribution in [-0.4, -0.2) is 31.2 Å². The number of likely N-dealkylation sites (N-methyl/N-ethyl adjacent to an activating group) is 1. The predicted octanol–water partition coefficient (Wildman–Crippen LogP) is 3.51. The Kier molecular flexibility index (Phi) is 11.1. The summed E-state index contributed by atoms with van der Waals surface area (Å²) >= 11 is 0. The Balaban J connectivity index is 0.00000529. The van der Waals surface area contributed by atoms with Crippen LogP contribution < -0.4 is 24.0 Å². The highest BCUT2D eigenvalue weighted by molar-refractivity contribution is 5.32. The number of halogens is 1. The van der Waals surface area contributed by atoms with E-state index in [9.17, 15) is 0 Å². The first-order valence-electron chi connectivity index (χ1n) is 9.92. The third-order valence-electron chi connectivity index (χ3n) is 6.02. The smallest absolute Gasteiger partial charge is 0.105 e. The molecular formula is C22H42IN. The molecule has 0 aromatic carbocycles. The Morgan fingerprint density at radius 3 is 2.33 bits per heavy atom. The molecule has 0 aliphatic heterocycles. The molecule has 1 unspecified atom stereocenters. The predicted molar refractivity (Wildman–Crippen MR) is 105 cm³/mol. The number of nitrogens with zero attached hydrogens (tertiary/aromatic N) is 1. The normalized spacial score (nSPS) is 19.5. The van der Waals surface area contributed by atoms with Crippen LogP contribution in [0.15, 0.2) is 23.3 Å². The molecule has 0 aromatic heterocycles. The lowest BCUT2D eigenvalue weighted by Gasteiger charge is -2.36. The van der Waals surface area contributed by atoms with E-state index in [1.165, 1.54) is 57.9 Å². The van der Waals surface area contributed by atoms with E-state index in [-0.39, 0.29) is 24.0 Å². The Hall–Kier alpha value is 0.170. The maximum absolute atomic E-state index is 2.47. The van der Waals surface area contributed by atoms with E-state index in [1.807, 2.05) is 0 Å². The maximum atomic E-state index is 2.47. The van der Waals surface area contributed by atoms with E-state index in [1.54, 1.807) is 11.1 Å². The zero-order chi connectivity index (χ0) is 17.5.